The first-order valence-electron chi connectivity index (χ1n) is 5.05. The SMILES string of the molecule is CCC(C)(C)c1ccc(C(F)(F)F)c(F)c1. The summed E-state index contributed by atoms with van der Waals surface area (Å²) in [6, 6.07) is 3.13. The van der Waals surface area contributed by atoms with Crippen LogP contribution in [0.5, 0.6) is 0 Å². The maximum Gasteiger partial charge on any atom is 0.419 e. The van der Waals surface area contributed by atoms with Crippen LogP contribution in [0.3, 0.4) is 0 Å². The lowest BCUT2D eigenvalue weighted by Crippen LogP contribution is -2.17. The van der Waals surface area contributed by atoms with Gasteiger partial charge in [0.25, 0.3) is 0 Å². The van der Waals surface area contributed by atoms with E-state index in [4.69, 9.17) is 0 Å². The Morgan fingerprint density at radius 1 is 1.12 bits per heavy atom. The van der Waals surface area contributed by atoms with Gasteiger partial charge in [-0.15, -0.1) is 0 Å². The first kappa shape index (κ1) is 13.0. The smallest absolute Gasteiger partial charge is 0.206 e. The third-order valence-electron chi connectivity index (χ3n) is 2.94. The molecule has 1 aromatic rings. The van der Waals surface area contributed by atoms with Gasteiger partial charge < -0.3 is 0 Å². The summed E-state index contributed by atoms with van der Waals surface area (Å²) >= 11 is 0. The van der Waals surface area contributed by atoms with E-state index in [1.165, 1.54) is 6.07 Å². The lowest BCUT2D eigenvalue weighted by molar-refractivity contribution is -0.140. The van der Waals surface area contributed by atoms with Gasteiger partial charge >= 0.3 is 6.18 Å². The predicted octanol–water partition coefficient (Wildman–Crippen LogP) is 4.53. The molecular formula is C12H14F4. The maximum absolute atomic E-state index is 13.3. The van der Waals surface area contributed by atoms with Crippen LogP contribution in [0.25, 0.3) is 0 Å². The molecule has 0 saturated heterocycles. The molecule has 0 nitrogen and oxygen atoms in total. The summed E-state index contributed by atoms with van der Waals surface area (Å²) < 4.78 is 50.2. The molecule has 0 radical (unpaired) electrons. The molecule has 0 fully saturated rings. The van der Waals surface area contributed by atoms with Crippen molar-refractivity contribution in [2.24, 2.45) is 0 Å². The van der Waals surface area contributed by atoms with E-state index >= 15 is 0 Å². The topological polar surface area (TPSA) is 0 Å². The van der Waals surface area contributed by atoms with Crippen LogP contribution in [0.1, 0.15) is 38.3 Å². The highest BCUT2D eigenvalue weighted by Gasteiger charge is 2.34. The molecule has 16 heavy (non-hydrogen) atoms. The summed E-state index contributed by atoms with van der Waals surface area (Å²) in [5.74, 6) is -1.20. The lowest BCUT2D eigenvalue weighted by Gasteiger charge is -2.24. The molecule has 0 saturated carbocycles. The fourth-order valence-electron chi connectivity index (χ4n) is 1.37. The zero-order valence-electron chi connectivity index (χ0n) is 9.45. The number of alkyl halides is 3. The Balaban J connectivity index is 3.20. The van der Waals surface area contributed by atoms with Crippen LogP contribution < -0.4 is 0 Å². The molecule has 0 N–H and O–H groups in total. The van der Waals surface area contributed by atoms with Gasteiger partial charge in [0.2, 0.25) is 0 Å². The molecule has 1 rings (SSSR count). The third-order valence-corrected chi connectivity index (χ3v) is 2.94. The summed E-state index contributed by atoms with van der Waals surface area (Å²) in [5.41, 5.74) is -0.936. The number of benzene rings is 1. The van der Waals surface area contributed by atoms with E-state index in [-0.39, 0.29) is 5.41 Å². The molecule has 0 atom stereocenters. The van der Waals surface area contributed by atoms with Gasteiger partial charge in [-0.2, -0.15) is 13.2 Å². The second kappa shape index (κ2) is 4.07. The maximum atomic E-state index is 13.3. The van der Waals surface area contributed by atoms with E-state index in [9.17, 15) is 17.6 Å². The van der Waals surface area contributed by atoms with Crippen molar-refractivity contribution < 1.29 is 17.6 Å². The second-order valence-corrected chi connectivity index (χ2v) is 4.43. The van der Waals surface area contributed by atoms with E-state index < -0.39 is 17.6 Å². The first-order valence-corrected chi connectivity index (χ1v) is 5.05. The van der Waals surface area contributed by atoms with Gasteiger partial charge in [0.1, 0.15) is 5.82 Å². The highest BCUT2D eigenvalue weighted by molar-refractivity contribution is 5.30. The summed E-state index contributed by atoms with van der Waals surface area (Å²) in [6.45, 7) is 5.65. The van der Waals surface area contributed by atoms with Gasteiger partial charge in [0, 0.05) is 0 Å². The third kappa shape index (κ3) is 2.54. The zero-order valence-corrected chi connectivity index (χ0v) is 9.45. The van der Waals surface area contributed by atoms with Crippen molar-refractivity contribution in [2.45, 2.75) is 38.8 Å². The molecule has 0 aliphatic heterocycles. The van der Waals surface area contributed by atoms with Gasteiger partial charge in [-0.3, -0.25) is 0 Å². The van der Waals surface area contributed by atoms with E-state index in [1.807, 2.05) is 20.8 Å². The Bertz CT molecular complexity index is 377. The standard InChI is InChI=1S/C12H14F4/c1-4-11(2,3)8-5-6-9(10(13)7-8)12(14,15)16/h5-7H,4H2,1-3H3. The van der Waals surface area contributed by atoms with E-state index in [0.29, 0.717) is 5.56 Å². The number of hydrogen-bond donors (Lipinski definition) is 0. The Morgan fingerprint density at radius 2 is 1.69 bits per heavy atom. The average Bonchev–Trinajstić information content (AvgIpc) is 2.15. The monoisotopic (exact) mass is 234 g/mol. The van der Waals surface area contributed by atoms with Gasteiger partial charge in [0.15, 0.2) is 0 Å². The van der Waals surface area contributed by atoms with Gasteiger partial charge in [-0.05, 0) is 29.5 Å². The number of rotatable bonds is 2. The molecule has 0 spiro atoms. The average molecular weight is 234 g/mol. The van der Waals surface area contributed by atoms with Crippen molar-refractivity contribution in [1.29, 1.82) is 0 Å². The molecule has 1 aromatic carbocycles. The molecule has 90 valence electrons. The minimum absolute atomic E-state index is 0.315. The highest BCUT2D eigenvalue weighted by atomic mass is 19.4. The van der Waals surface area contributed by atoms with Gasteiger partial charge in [0.05, 0.1) is 5.56 Å². The molecule has 0 bridgehead atoms. The van der Waals surface area contributed by atoms with E-state index in [0.717, 1.165) is 18.6 Å². The Hall–Kier alpha value is -1.06. The van der Waals surface area contributed by atoms with Crippen molar-refractivity contribution >= 4 is 0 Å². The summed E-state index contributed by atoms with van der Waals surface area (Å²) in [6.07, 6.45) is -3.89. The fraction of sp³-hybridized carbons (Fsp3) is 0.500. The number of hydrogen-bond acceptors (Lipinski definition) is 0. The predicted molar refractivity (Wildman–Crippen MR) is 54.7 cm³/mol. The zero-order chi connectivity index (χ0) is 12.6. The summed E-state index contributed by atoms with van der Waals surface area (Å²) in [5, 5.41) is 0. The minimum atomic E-state index is -4.63. The van der Waals surface area contributed by atoms with Crippen molar-refractivity contribution in [3.8, 4) is 0 Å². The first-order chi connectivity index (χ1) is 7.18. The Morgan fingerprint density at radius 3 is 2.06 bits per heavy atom. The molecule has 0 amide bonds. The molecular weight excluding hydrogens is 220 g/mol. The molecule has 0 aromatic heterocycles. The fourth-order valence-corrected chi connectivity index (χ4v) is 1.37. The van der Waals surface area contributed by atoms with Crippen molar-refractivity contribution in [1.82, 2.24) is 0 Å². The Labute approximate surface area is 92.3 Å². The lowest BCUT2D eigenvalue weighted by atomic mass is 9.82. The van der Waals surface area contributed by atoms with Crippen molar-refractivity contribution in [3.63, 3.8) is 0 Å². The van der Waals surface area contributed by atoms with Crippen LogP contribution in [0, 0.1) is 5.82 Å². The van der Waals surface area contributed by atoms with Gasteiger partial charge in [-0.25, -0.2) is 4.39 Å². The quantitative estimate of drug-likeness (QED) is 0.659. The van der Waals surface area contributed by atoms with E-state index in [2.05, 4.69) is 0 Å². The van der Waals surface area contributed by atoms with Crippen molar-refractivity contribution in [2.75, 3.05) is 0 Å². The van der Waals surface area contributed by atoms with Crippen LogP contribution in [0.2, 0.25) is 0 Å². The highest BCUT2D eigenvalue weighted by Crippen LogP contribution is 2.34. The van der Waals surface area contributed by atoms with Crippen LogP contribution in [-0.2, 0) is 11.6 Å². The normalized spacial score (nSPS) is 12.9. The van der Waals surface area contributed by atoms with Crippen LogP contribution in [0.4, 0.5) is 17.6 Å². The van der Waals surface area contributed by atoms with Crippen molar-refractivity contribution in [3.05, 3.63) is 35.1 Å². The molecule has 0 aliphatic carbocycles. The number of halogens is 4. The summed E-state index contributed by atoms with van der Waals surface area (Å²) in [7, 11) is 0. The molecule has 0 unspecified atom stereocenters. The van der Waals surface area contributed by atoms with E-state index in [1.54, 1.807) is 0 Å². The van der Waals surface area contributed by atoms with Gasteiger partial charge in [-0.1, -0.05) is 26.8 Å². The summed E-state index contributed by atoms with van der Waals surface area (Å²) in [4.78, 5) is 0. The Kier molecular flexibility index (Phi) is 3.31. The minimum Gasteiger partial charge on any atom is -0.206 e. The van der Waals surface area contributed by atoms with Crippen LogP contribution in [0.15, 0.2) is 18.2 Å². The van der Waals surface area contributed by atoms with Crippen LogP contribution in [-0.4, -0.2) is 0 Å². The largest absolute Gasteiger partial charge is 0.419 e. The molecule has 0 aliphatic rings. The molecule has 0 heterocycles. The second-order valence-electron chi connectivity index (χ2n) is 4.43. The van der Waals surface area contributed by atoms with Crippen LogP contribution >= 0.6 is 0 Å². The molecule has 4 heteroatoms.